The van der Waals surface area contributed by atoms with Crippen LogP contribution in [0.5, 0.6) is 0 Å². The van der Waals surface area contributed by atoms with Crippen LogP contribution in [-0.4, -0.2) is 58.6 Å². The van der Waals surface area contributed by atoms with Crippen LogP contribution in [0.4, 0.5) is 17.6 Å². The average Bonchev–Trinajstić information content (AvgIpc) is 3.91. The minimum Gasteiger partial charge on any atom is -0.357 e. The molecule has 251 valence electrons. The van der Waals surface area contributed by atoms with Gasteiger partial charge in [-0.15, -0.1) is 0 Å². The van der Waals surface area contributed by atoms with E-state index in [0.29, 0.717) is 74.6 Å². The summed E-state index contributed by atoms with van der Waals surface area (Å²) in [6, 6.07) is 31.8. The van der Waals surface area contributed by atoms with Gasteiger partial charge in [0, 0.05) is 44.8 Å². The van der Waals surface area contributed by atoms with Gasteiger partial charge in [-0.3, -0.25) is 17.6 Å². The maximum absolute atomic E-state index is 9.50. The summed E-state index contributed by atoms with van der Waals surface area (Å²) < 4.78 is 38.0. The number of nitrogens with zero attached hydrogens (tertiary/aromatic N) is 8. The van der Waals surface area contributed by atoms with E-state index >= 15 is 0 Å². The third kappa shape index (κ3) is 6.63. The molecule has 0 N–H and O–H groups in total. The molecular weight excluding hydrogens is 684 g/mol. The van der Waals surface area contributed by atoms with Crippen LogP contribution in [0.2, 0.25) is 0 Å². The van der Waals surface area contributed by atoms with E-state index in [1.165, 1.54) is 0 Å². The Bertz CT molecular complexity index is 2060. The van der Waals surface area contributed by atoms with Gasteiger partial charge in [-0.2, -0.15) is 0 Å². The average molecular weight is 712 g/mol. The molecule has 7 aromatic rings. The van der Waals surface area contributed by atoms with Crippen molar-refractivity contribution in [1.29, 1.82) is 0 Å². The Morgan fingerprint density at radius 2 is 0.531 bits per heavy atom. The van der Waals surface area contributed by atoms with E-state index < -0.39 is 0 Å². The van der Waals surface area contributed by atoms with Crippen LogP contribution in [0.1, 0.15) is 0 Å². The van der Waals surface area contributed by atoms with E-state index in [4.69, 9.17) is 39.9 Å². The fourth-order valence-electron chi connectivity index (χ4n) is 5.46. The quantitative estimate of drug-likeness (QED) is 0.114. The Morgan fingerprint density at radius 1 is 0.327 bits per heavy atom. The van der Waals surface area contributed by atoms with Crippen molar-refractivity contribution < 1.29 is 34.6 Å². The third-order valence-corrected chi connectivity index (χ3v) is 7.33. The van der Waals surface area contributed by atoms with Gasteiger partial charge < -0.3 is 29.9 Å². The van der Waals surface area contributed by atoms with Gasteiger partial charge in [0.05, 0.1) is 52.0 Å². The number of aromatic nitrogens is 8. The van der Waals surface area contributed by atoms with Crippen molar-refractivity contribution in [3.05, 3.63) is 97.1 Å². The molecule has 0 saturated heterocycles. The molecule has 49 heavy (non-hydrogen) atoms. The number of hydrogen-bond acceptors (Lipinski definition) is 6. The van der Waals surface area contributed by atoms with Crippen molar-refractivity contribution in [3.8, 4) is 45.6 Å². The second kappa shape index (κ2) is 16.5. The Labute approximate surface area is 289 Å². The smallest absolute Gasteiger partial charge is 0.357 e. The van der Waals surface area contributed by atoms with E-state index in [0.717, 1.165) is 43.8 Å². The van der Waals surface area contributed by atoms with Gasteiger partial charge in [0.15, 0.2) is 0 Å². The van der Waals surface area contributed by atoms with E-state index in [2.05, 4.69) is 0 Å². The molecule has 0 unspecified atom stereocenters. The molecule has 4 aromatic carbocycles. The SMILES string of the molecule is CF.CF.CF.CF.[Cu+2].c1ccc2c(c1)-c1nc-2nc2[n-]c(nc3nc(nc4[n-]c(n1)c1ccccc41)-c1ccccc1-3)c1ccccc21. The molecule has 8 bridgehead atoms. The number of hydrogen-bond donors (Lipinski definition) is 0. The van der Waals surface area contributed by atoms with Crippen molar-refractivity contribution in [1.82, 2.24) is 39.9 Å². The summed E-state index contributed by atoms with van der Waals surface area (Å²) in [7, 11) is 2.00. The van der Waals surface area contributed by atoms with E-state index in [1.807, 2.05) is 97.1 Å². The van der Waals surface area contributed by atoms with E-state index in [9.17, 15) is 17.6 Å². The first kappa shape index (κ1) is 36.3. The summed E-state index contributed by atoms with van der Waals surface area (Å²) in [5.41, 5.74) is 5.78. The van der Waals surface area contributed by atoms with Crippen molar-refractivity contribution in [2.75, 3.05) is 28.7 Å². The van der Waals surface area contributed by atoms with Crippen molar-refractivity contribution in [2.24, 2.45) is 0 Å². The molecule has 8 nitrogen and oxygen atoms in total. The largest absolute Gasteiger partial charge is 2.00 e. The van der Waals surface area contributed by atoms with Gasteiger partial charge in [0.25, 0.3) is 0 Å². The second-order valence-corrected chi connectivity index (χ2v) is 9.67. The standard InChI is InChI=1S/C32H16N8.4CH3F.Cu/c1-2-10-18-17(9-1)25-33-26(18)38-28-21-13-5-6-14-22(21)30(35-28)40-32-24-16-8-7-15-23(24)31(36-32)39-29-20-12-4-3-11-19(20)27(34-29)37-25;4*1-2;/h1-16H;4*1H3;/q-2;;;;;+2. The van der Waals surface area contributed by atoms with Crippen LogP contribution in [0.25, 0.3) is 89.7 Å². The number of rotatable bonds is 0. The number of halogens is 4. The number of benzene rings is 4. The van der Waals surface area contributed by atoms with Crippen molar-refractivity contribution in [2.45, 2.75) is 0 Å². The summed E-state index contributed by atoms with van der Waals surface area (Å²) in [5, 5.41) is 3.57. The zero-order valence-corrected chi connectivity index (χ0v) is 27.6. The van der Waals surface area contributed by atoms with E-state index in [1.54, 1.807) is 0 Å². The molecular formula is C36H28CuF4N8. The van der Waals surface area contributed by atoms with Gasteiger partial charge in [-0.05, 0) is 21.5 Å². The molecule has 2 aliphatic heterocycles. The van der Waals surface area contributed by atoms with E-state index in [-0.39, 0.29) is 17.1 Å². The topological polar surface area (TPSA) is 106 Å². The minimum atomic E-state index is 0. The molecule has 1 radical (unpaired) electrons. The zero-order chi connectivity index (χ0) is 34.2. The molecule has 0 spiro atoms. The van der Waals surface area contributed by atoms with Crippen LogP contribution in [0.3, 0.4) is 0 Å². The molecule has 0 saturated carbocycles. The fourth-order valence-corrected chi connectivity index (χ4v) is 5.46. The molecule has 9 rings (SSSR count). The van der Waals surface area contributed by atoms with Gasteiger partial charge in [0.2, 0.25) is 0 Å². The number of fused-ring (bicyclic) bond motifs is 20. The van der Waals surface area contributed by atoms with Gasteiger partial charge in [-0.25, -0.2) is 9.97 Å². The van der Waals surface area contributed by atoms with Gasteiger partial charge >= 0.3 is 17.1 Å². The number of alkyl halides is 4. The normalized spacial score (nSPS) is 10.3. The van der Waals surface area contributed by atoms with Crippen LogP contribution in [-0.2, 0) is 17.1 Å². The van der Waals surface area contributed by atoms with Gasteiger partial charge in [-0.1, -0.05) is 97.1 Å². The van der Waals surface area contributed by atoms with Gasteiger partial charge in [0.1, 0.15) is 0 Å². The van der Waals surface area contributed by atoms with Crippen LogP contribution in [0, 0.1) is 0 Å². The summed E-state index contributed by atoms with van der Waals surface area (Å²) in [5.74, 6) is 2.21. The molecule has 0 aliphatic carbocycles. The molecule has 13 heteroatoms. The Balaban J connectivity index is 0.000000564. The second-order valence-electron chi connectivity index (χ2n) is 9.67. The summed E-state index contributed by atoms with van der Waals surface area (Å²) >= 11 is 0. The molecule has 2 aliphatic rings. The predicted octanol–water partition coefficient (Wildman–Crippen LogP) is 8.47. The zero-order valence-electron chi connectivity index (χ0n) is 26.6. The summed E-state index contributed by atoms with van der Waals surface area (Å²) in [6.45, 7) is 0. The first-order chi connectivity index (χ1) is 23.8. The van der Waals surface area contributed by atoms with Crippen molar-refractivity contribution in [3.63, 3.8) is 0 Å². The maximum Gasteiger partial charge on any atom is 2.00 e. The molecule has 0 amide bonds. The molecule has 5 heterocycles. The first-order valence-electron chi connectivity index (χ1n) is 14.4. The minimum absolute atomic E-state index is 0. The third-order valence-electron chi connectivity index (χ3n) is 7.33. The van der Waals surface area contributed by atoms with Crippen LogP contribution >= 0.6 is 0 Å². The Kier molecular flexibility index (Phi) is 12.3. The van der Waals surface area contributed by atoms with Crippen molar-refractivity contribution >= 4 is 44.1 Å². The monoisotopic (exact) mass is 711 g/mol. The Hall–Kier alpha value is -5.52. The Morgan fingerprint density at radius 3 is 0.755 bits per heavy atom. The molecule has 3 aromatic heterocycles. The summed E-state index contributed by atoms with van der Waals surface area (Å²) in [4.78, 5) is 39.3. The predicted molar refractivity (Wildman–Crippen MR) is 182 cm³/mol. The summed E-state index contributed by atoms with van der Waals surface area (Å²) in [6.07, 6.45) is 0. The van der Waals surface area contributed by atoms with Crippen LogP contribution < -0.4 is 9.97 Å². The maximum atomic E-state index is 9.50. The molecule has 0 atom stereocenters. The molecule has 0 fully saturated rings. The van der Waals surface area contributed by atoms with Crippen LogP contribution in [0.15, 0.2) is 97.1 Å². The first-order valence-corrected chi connectivity index (χ1v) is 14.4. The fraction of sp³-hybridized carbons (Fsp3) is 0.111.